The molecule has 0 saturated heterocycles. The smallest absolute Gasteiger partial charge is 0.118 e. The Hall–Kier alpha value is -1.06. The van der Waals surface area contributed by atoms with Crippen LogP contribution in [0.4, 0.5) is 0 Å². The van der Waals surface area contributed by atoms with E-state index in [9.17, 15) is 5.11 Å². The van der Waals surface area contributed by atoms with Crippen molar-refractivity contribution in [2.45, 2.75) is 38.8 Å². The molecule has 0 bridgehead atoms. The second-order valence-electron chi connectivity index (χ2n) is 5.78. The molecule has 0 spiro atoms. The molecule has 1 aliphatic rings. The van der Waals surface area contributed by atoms with Gasteiger partial charge >= 0.3 is 0 Å². The number of benzene rings is 1. The summed E-state index contributed by atoms with van der Waals surface area (Å²) in [5, 5.41) is 10.4. The minimum atomic E-state index is -0.424. The Kier molecular flexibility index (Phi) is 4.83. The molecule has 0 amide bonds. The molecule has 0 radical (unpaired) electrons. The summed E-state index contributed by atoms with van der Waals surface area (Å²) in [6, 6.07) is 8.17. The van der Waals surface area contributed by atoms with E-state index in [2.05, 4.69) is 18.7 Å². The lowest BCUT2D eigenvalue weighted by Gasteiger charge is -2.29. The van der Waals surface area contributed by atoms with Gasteiger partial charge in [-0.2, -0.15) is 0 Å². The zero-order chi connectivity index (χ0) is 13.8. The van der Waals surface area contributed by atoms with Gasteiger partial charge in [0.05, 0.1) is 13.2 Å². The van der Waals surface area contributed by atoms with Crippen LogP contribution in [0.25, 0.3) is 0 Å². The van der Waals surface area contributed by atoms with Crippen LogP contribution in [0.1, 0.15) is 38.4 Å². The van der Waals surface area contributed by atoms with Gasteiger partial charge in [-0.15, -0.1) is 0 Å². The summed E-state index contributed by atoms with van der Waals surface area (Å²) in [4.78, 5) is 2.38. The van der Waals surface area contributed by atoms with Crippen LogP contribution in [-0.2, 0) is 0 Å². The Morgan fingerprint density at radius 1 is 1.26 bits per heavy atom. The second kappa shape index (κ2) is 6.40. The van der Waals surface area contributed by atoms with Crippen molar-refractivity contribution >= 4 is 0 Å². The number of aliphatic hydroxyl groups is 1. The van der Waals surface area contributed by atoms with Crippen LogP contribution in [0.2, 0.25) is 0 Å². The van der Waals surface area contributed by atoms with Crippen molar-refractivity contribution in [2.75, 3.05) is 20.2 Å². The van der Waals surface area contributed by atoms with Gasteiger partial charge in [0, 0.05) is 19.1 Å². The third-order valence-corrected chi connectivity index (χ3v) is 3.83. The maximum absolute atomic E-state index is 10.4. The highest BCUT2D eigenvalue weighted by Gasteiger charge is 2.26. The summed E-state index contributed by atoms with van der Waals surface area (Å²) in [6.45, 7) is 6.22. The summed E-state index contributed by atoms with van der Waals surface area (Å²) in [7, 11) is 1.65. The lowest BCUT2D eigenvalue weighted by atomic mass is 10.1. The Labute approximate surface area is 116 Å². The van der Waals surface area contributed by atoms with Crippen LogP contribution in [-0.4, -0.2) is 36.2 Å². The van der Waals surface area contributed by atoms with E-state index in [-0.39, 0.29) is 0 Å². The quantitative estimate of drug-likeness (QED) is 0.821. The third-order valence-electron chi connectivity index (χ3n) is 3.83. The molecule has 1 fully saturated rings. The van der Waals surface area contributed by atoms with E-state index in [0.717, 1.165) is 23.8 Å². The maximum atomic E-state index is 10.4. The Balaban J connectivity index is 1.94. The summed E-state index contributed by atoms with van der Waals surface area (Å²) < 4.78 is 5.14. The van der Waals surface area contributed by atoms with Crippen LogP contribution in [0.5, 0.6) is 5.75 Å². The van der Waals surface area contributed by atoms with Crippen LogP contribution in [0, 0.1) is 5.92 Å². The molecule has 1 unspecified atom stereocenters. The minimum Gasteiger partial charge on any atom is -0.497 e. The zero-order valence-electron chi connectivity index (χ0n) is 12.2. The van der Waals surface area contributed by atoms with Crippen molar-refractivity contribution in [3.63, 3.8) is 0 Å². The van der Waals surface area contributed by atoms with Gasteiger partial charge in [0.15, 0.2) is 0 Å². The van der Waals surface area contributed by atoms with E-state index < -0.39 is 6.10 Å². The van der Waals surface area contributed by atoms with Crippen LogP contribution >= 0.6 is 0 Å². The Bertz CT molecular complexity index is 384. The average molecular weight is 263 g/mol. The molecule has 1 aromatic carbocycles. The van der Waals surface area contributed by atoms with Gasteiger partial charge < -0.3 is 9.84 Å². The number of hydrogen-bond acceptors (Lipinski definition) is 3. The second-order valence-corrected chi connectivity index (χ2v) is 5.78. The monoisotopic (exact) mass is 263 g/mol. The van der Waals surface area contributed by atoms with Gasteiger partial charge in [-0.25, -0.2) is 0 Å². The van der Waals surface area contributed by atoms with E-state index in [1.807, 2.05) is 24.3 Å². The SMILES string of the molecule is COc1ccc(C(O)CN(CC2CC2)C(C)C)cc1. The average Bonchev–Trinajstić information content (AvgIpc) is 3.22. The van der Waals surface area contributed by atoms with Gasteiger partial charge in [-0.05, 0) is 50.3 Å². The number of aliphatic hydroxyl groups excluding tert-OH is 1. The molecule has 3 heteroatoms. The van der Waals surface area contributed by atoms with Crippen molar-refractivity contribution in [3.8, 4) is 5.75 Å². The predicted octanol–water partition coefficient (Wildman–Crippen LogP) is 2.85. The van der Waals surface area contributed by atoms with E-state index in [0.29, 0.717) is 12.6 Å². The van der Waals surface area contributed by atoms with Crippen LogP contribution in [0.15, 0.2) is 24.3 Å². The molecule has 0 heterocycles. The van der Waals surface area contributed by atoms with Gasteiger partial charge in [-0.1, -0.05) is 12.1 Å². The topological polar surface area (TPSA) is 32.7 Å². The van der Waals surface area contributed by atoms with E-state index in [4.69, 9.17) is 4.74 Å². The minimum absolute atomic E-state index is 0.424. The van der Waals surface area contributed by atoms with Crippen molar-refractivity contribution in [3.05, 3.63) is 29.8 Å². The standard InChI is InChI=1S/C16H25NO2/c1-12(2)17(10-13-4-5-13)11-16(18)14-6-8-15(19-3)9-7-14/h6-9,12-13,16,18H,4-5,10-11H2,1-3H3. The first kappa shape index (κ1) is 14.4. The summed E-state index contributed by atoms with van der Waals surface area (Å²) in [5.74, 6) is 1.68. The molecule has 1 N–H and O–H groups in total. The number of hydrogen-bond donors (Lipinski definition) is 1. The van der Waals surface area contributed by atoms with Crippen molar-refractivity contribution in [2.24, 2.45) is 5.92 Å². The first-order valence-electron chi connectivity index (χ1n) is 7.16. The van der Waals surface area contributed by atoms with Crippen LogP contribution in [0.3, 0.4) is 0 Å². The molecule has 1 aliphatic carbocycles. The molecule has 1 aromatic rings. The fourth-order valence-electron chi connectivity index (χ4n) is 2.28. The number of methoxy groups -OCH3 is 1. The summed E-state index contributed by atoms with van der Waals surface area (Å²) in [6.07, 6.45) is 2.27. The molecule has 19 heavy (non-hydrogen) atoms. The van der Waals surface area contributed by atoms with E-state index in [1.165, 1.54) is 12.8 Å². The third kappa shape index (κ3) is 4.22. The first-order chi connectivity index (χ1) is 9.10. The van der Waals surface area contributed by atoms with Crippen molar-refractivity contribution in [1.82, 2.24) is 4.90 Å². The molecule has 1 saturated carbocycles. The van der Waals surface area contributed by atoms with Gasteiger partial charge in [0.1, 0.15) is 5.75 Å². The molecule has 2 rings (SSSR count). The van der Waals surface area contributed by atoms with Gasteiger partial charge in [0.2, 0.25) is 0 Å². The van der Waals surface area contributed by atoms with Crippen LogP contribution < -0.4 is 4.74 Å². The molecule has 0 aromatic heterocycles. The van der Waals surface area contributed by atoms with Gasteiger partial charge in [-0.3, -0.25) is 4.90 Å². The number of ether oxygens (including phenoxy) is 1. The fraction of sp³-hybridized carbons (Fsp3) is 0.625. The Morgan fingerprint density at radius 3 is 2.37 bits per heavy atom. The lowest BCUT2D eigenvalue weighted by molar-refractivity contribution is 0.0923. The van der Waals surface area contributed by atoms with E-state index in [1.54, 1.807) is 7.11 Å². The molecular weight excluding hydrogens is 238 g/mol. The maximum Gasteiger partial charge on any atom is 0.118 e. The summed E-state index contributed by atoms with van der Waals surface area (Å²) in [5.41, 5.74) is 0.960. The van der Waals surface area contributed by atoms with Crippen molar-refractivity contribution in [1.29, 1.82) is 0 Å². The molecule has 106 valence electrons. The highest BCUT2D eigenvalue weighted by molar-refractivity contribution is 5.28. The lowest BCUT2D eigenvalue weighted by Crippen LogP contribution is -2.36. The largest absolute Gasteiger partial charge is 0.497 e. The van der Waals surface area contributed by atoms with E-state index >= 15 is 0 Å². The molecule has 0 aliphatic heterocycles. The molecule has 3 nitrogen and oxygen atoms in total. The molecular formula is C16H25NO2. The first-order valence-corrected chi connectivity index (χ1v) is 7.16. The zero-order valence-corrected chi connectivity index (χ0v) is 12.2. The van der Waals surface area contributed by atoms with Crippen molar-refractivity contribution < 1.29 is 9.84 Å². The molecule has 1 atom stereocenters. The number of rotatable bonds is 7. The normalized spacial score (nSPS) is 16.9. The highest BCUT2D eigenvalue weighted by Crippen LogP contribution is 2.31. The highest BCUT2D eigenvalue weighted by atomic mass is 16.5. The predicted molar refractivity (Wildman–Crippen MR) is 77.4 cm³/mol. The fourth-order valence-corrected chi connectivity index (χ4v) is 2.28. The van der Waals surface area contributed by atoms with Gasteiger partial charge in [0.25, 0.3) is 0 Å². The number of nitrogens with zero attached hydrogens (tertiary/aromatic N) is 1. The summed E-state index contributed by atoms with van der Waals surface area (Å²) >= 11 is 0. The Morgan fingerprint density at radius 2 is 1.89 bits per heavy atom.